The third-order valence-corrected chi connectivity index (χ3v) is 4.60. The second-order valence-corrected chi connectivity index (χ2v) is 6.96. The molecule has 1 saturated heterocycles. The summed E-state index contributed by atoms with van der Waals surface area (Å²) in [5.74, 6) is 0.658. The first-order valence-electron chi connectivity index (χ1n) is 2.90. The summed E-state index contributed by atoms with van der Waals surface area (Å²) in [5, 5.41) is 0. The molecule has 0 aromatic carbocycles. The Balaban J connectivity index is 2.44. The van der Waals surface area contributed by atoms with E-state index in [0.717, 1.165) is 18.7 Å². The highest BCUT2D eigenvalue weighted by atomic mass is 35.7. The molecule has 0 spiro atoms. The summed E-state index contributed by atoms with van der Waals surface area (Å²) in [7, 11) is 0. The lowest BCUT2D eigenvalue weighted by Gasteiger charge is -1.99. The highest BCUT2D eigenvalue weighted by Crippen LogP contribution is 2.65. The topological polar surface area (TPSA) is 20.2 Å². The fraction of sp³-hybridized carbons (Fsp3) is 1.00. The molecule has 1 N–H and O–H groups in total. The van der Waals surface area contributed by atoms with Crippen molar-refractivity contribution in [3.8, 4) is 0 Å². The van der Waals surface area contributed by atoms with Crippen molar-refractivity contribution in [2.75, 3.05) is 12.3 Å². The van der Waals surface area contributed by atoms with Crippen LogP contribution in [0.15, 0.2) is 0 Å². The monoisotopic (exact) mass is 153 g/mol. The molecule has 1 aliphatic rings. The molecule has 2 atom stereocenters. The average molecular weight is 154 g/mol. The minimum atomic E-state index is -1.88. The molecule has 48 valence electrons. The van der Waals surface area contributed by atoms with Crippen LogP contribution in [0.5, 0.6) is 0 Å². The summed E-state index contributed by atoms with van der Waals surface area (Å²) in [6, 6.07) is 0. The SMILES string of the molecule is CC1CC[P+](O)(Cl)C1. The van der Waals surface area contributed by atoms with Crippen LogP contribution < -0.4 is 0 Å². The minimum Gasteiger partial charge on any atom is -0.233 e. The highest BCUT2D eigenvalue weighted by Gasteiger charge is 2.41. The molecule has 3 heteroatoms. The van der Waals surface area contributed by atoms with Gasteiger partial charge in [0.05, 0.1) is 0 Å². The number of halogens is 1. The van der Waals surface area contributed by atoms with Gasteiger partial charge in [-0.05, 0) is 12.3 Å². The molecule has 0 amide bonds. The summed E-state index contributed by atoms with van der Waals surface area (Å²) in [4.78, 5) is 9.24. The summed E-state index contributed by atoms with van der Waals surface area (Å²) in [6.07, 6.45) is 2.86. The largest absolute Gasteiger partial charge is 0.239 e. The first-order valence-corrected chi connectivity index (χ1v) is 5.91. The van der Waals surface area contributed by atoms with Gasteiger partial charge in [-0.2, -0.15) is 0 Å². The maximum absolute atomic E-state index is 9.24. The Hall–Kier alpha value is 0.680. The van der Waals surface area contributed by atoms with E-state index in [-0.39, 0.29) is 0 Å². The van der Waals surface area contributed by atoms with Gasteiger partial charge >= 0.3 is 0 Å². The number of rotatable bonds is 0. The highest BCUT2D eigenvalue weighted by molar-refractivity contribution is 7.94. The zero-order chi connectivity index (χ0) is 6.20. The third-order valence-electron chi connectivity index (χ3n) is 1.56. The lowest BCUT2D eigenvalue weighted by Crippen LogP contribution is -1.89. The van der Waals surface area contributed by atoms with Crippen LogP contribution in [0.2, 0.25) is 0 Å². The smallest absolute Gasteiger partial charge is 0.233 e. The van der Waals surface area contributed by atoms with Gasteiger partial charge in [-0.25, -0.2) is 4.89 Å². The molecule has 1 heterocycles. The minimum absolute atomic E-state index is 0.658. The van der Waals surface area contributed by atoms with Crippen molar-refractivity contribution in [3.05, 3.63) is 0 Å². The van der Waals surface area contributed by atoms with Crippen molar-refractivity contribution in [3.63, 3.8) is 0 Å². The molecule has 8 heavy (non-hydrogen) atoms. The van der Waals surface area contributed by atoms with Gasteiger partial charge < -0.3 is 0 Å². The predicted octanol–water partition coefficient (Wildman–Crippen LogP) is 2.10. The predicted molar refractivity (Wildman–Crippen MR) is 38.5 cm³/mol. The third kappa shape index (κ3) is 1.58. The van der Waals surface area contributed by atoms with Crippen LogP contribution >= 0.6 is 18.1 Å². The Morgan fingerprint density at radius 1 is 1.75 bits per heavy atom. The van der Waals surface area contributed by atoms with Crippen LogP contribution in [-0.4, -0.2) is 17.2 Å². The first-order chi connectivity index (χ1) is 3.60. The van der Waals surface area contributed by atoms with Crippen molar-refractivity contribution < 1.29 is 4.89 Å². The van der Waals surface area contributed by atoms with Crippen molar-refractivity contribution in [2.45, 2.75) is 13.3 Å². The lowest BCUT2D eigenvalue weighted by atomic mass is 10.2. The zero-order valence-corrected chi connectivity index (χ0v) is 6.62. The number of hydrogen-bond acceptors (Lipinski definition) is 1. The molecule has 0 aromatic rings. The van der Waals surface area contributed by atoms with Gasteiger partial charge in [0.2, 0.25) is 6.84 Å². The van der Waals surface area contributed by atoms with Gasteiger partial charge in [0.25, 0.3) is 0 Å². The van der Waals surface area contributed by atoms with E-state index < -0.39 is 6.84 Å². The fourth-order valence-corrected chi connectivity index (χ4v) is 4.23. The molecule has 1 fully saturated rings. The van der Waals surface area contributed by atoms with E-state index in [9.17, 15) is 4.89 Å². The van der Waals surface area contributed by atoms with Gasteiger partial charge in [0.1, 0.15) is 23.6 Å². The molecule has 0 aliphatic carbocycles. The van der Waals surface area contributed by atoms with Crippen LogP contribution in [0.25, 0.3) is 0 Å². The Kier molecular flexibility index (Phi) is 1.81. The van der Waals surface area contributed by atoms with E-state index in [1.807, 2.05) is 0 Å². The molecule has 0 saturated carbocycles. The van der Waals surface area contributed by atoms with E-state index >= 15 is 0 Å². The van der Waals surface area contributed by atoms with Crippen LogP contribution in [0.3, 0.4) is 0 Å². The van der Waals surface area contributed by atoms with Crippen molar-refractivity contribution >= 4 is 18.1 Å². The Bertz CT molecular complexity index is 94.4. The lowest BCUT2D eigenvalue weighted by molar-refractivity contribution is 0.618. The van der Waals surface area contributed by atoms with Gasteiger partial charge in [0, 0.05) is 0 Å². The van der Waals surface area contributed by atoms with Gasteiger partial charge in [-0.3, -0.25) is 0 Å². The molecule has 0 aromatic heterocycles. The van der Waals surface area contributed by atoms with E-state index in [0.29, 0.717) is 5.92 Å². The van der Waals surface area contributed by atoms with Crippen LogP contribution in [-0.2, 0) is 0 Å². The molecular formula is C5H11ClOP+. The number of hydrogen-bond donors (Lipinski definition) is 1. The Morgan fingerprint density at radius 2 is 2.38 bits per heavy atom. The van der Waals surface area contributed by atoms with Gasteiger partial charge in [-0.1, -0.05) is 6.92 Å². The molecular weight excluding hydrogens is 142 g/mol. The molecule has 2 unspecified atom stereocenters. The molecule has 1 rings (SSSR count). The zero-order valence-electron chi connectivity index (χ0n) is 4.97. The summed E-state index contributed by atoms with van der Waals surface area (Å²) < 4.78 is 0. The van der Waals surface area contributed by atoms with E-state index in [1.54, 1.807) is 0 Å². The molecule has 1 nitrogen and oxygen atoms in total. The molecule has 1 aliphatic heterocycles. The quantitative estimate of drug-likeness (QED) is 0.529. The first kappa shape index (κ1) is 6.80. The van der Waals surface area contributed by atoms with E-state index in [2.05, 4.69) is 6.92 Å². The molecule has 0 bridgehead atoms. The second-order valence-electron chi connectivity index (χ2n) is 2.62. The fourth-order valence-electron chi connectivity index (χ4n) is 1.08. The molecule has 0 radical (unpaired) electrons. The standard InChI is InChI=1S/C5H11ClOP/c1-5-2-3-8(6,7)4-5/h5,7H,2-4H2,1H3/q+1. The Labute approximate surface area is 55.3 Å². The van der Waals surface area contributed by atoms with Crippen LogP contribution in [0.4, 0.5) is 0 Å². The normalized spacial score (nSPS) is 47.6. The van der Waals surface area contributed by atoms with E-state index in [1.165, 1.54) is 0 Å². The summed E-state index contributed by atoms with van der Waals surface area (Å²) in [6.45, 7) is 0.262. The Morgan fingerprint density at radius 3 is 2.50 bits per heavy atom. The van der Waals surface area contributed by atoms with Gasteiger partial charge in [0.15, 0.2) is 0 Å². The maximum Gasteiger partial charge on any atom is 0.239 e. The maximum atomic E-state index is 9.24. The van der Waals surface area contributed by atoms with Crippen molar-refractivity contribution in [2.24, 2.45) is 5.92 Å². The average Bonchev–Trinajstić information content (AvgIpc) is 1.82. The summed E-state index contributed by atoms with van der Waals surface area (Å²) >= 11 is 5.73. The van der Waals surface area contributed by atoms with E-state index in [4.69, 9.17) is 11.2 Å². The van der Waals surface area contributed by atoms with Crippen molar-refractivity contribution in [1.82, 2.24) is 0 Å². The second kappa shape index (κ2) is 2.13. The van der Waals surface area contributed by atoms with Crippen molar-refractivity contribution in [1.29, 1.82) is 0 Å². The van der Waals surface area contributed by atoms with Gasteiger partial charge in [-0.15, -0.1) is 0 Å². The van der Waals surface area contributed by atoms with Crippen LogP contribution in [0.1, 0.15) is 13.3 Å². The van der Waals surface area contributed by atoms with Crippen LogP contribution in [0, 0.1) is 5.92 Å². The summed E-state index contributed by atoms with van der Waals surface area (Å²) in [5.41, 5.74) is 0.